The van der Waals surface area contributed by atoms with E-state index in [9.17, 15) is 18.9 Å². The second kappa shape index (κ2) is 11.0. The smallest absolute Gasteiger partial charge is 0.459 e. The van der Waals surface area contributed by atoms with Crippen molar-refractivity contribution in [2.75, 3.05) is 6.61 Å². The number of esters is 1. The molecule has 2 saturated heterocycles. The molecule has 214 valence electrons. The minimum absolute atomic E-state index is 0.235. The van der Waals surface area contributed by atoms with Gasteiger partial charge in [-0.15, -0.1) is 0 Å². The van der Waals surface area contributed by atoms with Gasteiger partial charge in [0.1, 0.15) is 35.8 Å². The normalized spacial score (nSPS) is 28.0. The van der Waals surface area contributed by atoms with Crippen molar-refractivity contribution >= 4 is 13.7 Å². The number of nitrogens with zero attached hydrogens (tertiary/aromatic N) is 2. The van der Waals surface area contributed by atoms with Gasteiger partial charge in [0.2, 0.25) is 0 Å². The first-order valence-electron chi connectivity index (χ1n) is 12.4. The highest BCUT2D eigenvalue weighted by molar-refractivity contribution is 7.52. The summed E-state index contributed by atoms with van der Waals surface area (Å²) in [7, 11) is -4.20. The van der Waals surface area contributed by atoms with Crippen LogP contribution in [0, 0.1) is 0 Å². The van der Waals surface area contributed by atoms with Gasteiger partial charge in [-0.1, -0.05) is 18.2 Å². The molecule has 0 spiro atoms. The van der Waals surface area contributed by atoms with Crippen LogP contribution in [0.1, 0.15) is 47.8 Å². The lowest BCUT2D eigenvalue weighted by Gasteiger charge is -2.29. The van der Waals surface area contributed by atoms with Gasteiger partial charge in [0, 0.05) is 0 Å². The molecular formula is C24H33N4O10P. The number of fused-ring (bicyclic) bond motifs is 1. The Hall–Kier alpha value is -2.87. The van der Waals surface area contributed by atoms with Gasteiger partial charge in [-0.25, -0.2) is 9.36 Å². The maximum Gasteiger partial charge on any atom is 0.459 e. The summed E-state index contributed by atoms with van der Waals surface area (Å²) in [4.78, 5) is 38.6. The van der Waals surface area contributed by atoms with Gasteiger partial charge in [-0.3, -0.25) is 19.1 Å². The van der Waals surface area contributed by atoms with E-state index >= 15 is 0 Å². The molecule has 0 radical (unpaired) electrons. The summed E-state index contributed by atoms with van der Waals surface area (Å²) >= 11 is 0. The van der Waals surface area contributed by atoms with E-state index in [0.29, 0.717) is 0 Å². The Morgan fingerprint density at radius 2 is 1.90 bits per heavy atom. The largest absolute Gasteiger partial charge is 0.462 e. The third kappa shape index (κ3) is 6.48. The van der Waals surface area contributed by atoms with Crippen molar-refractivity contribution in [2.24, 2.45) is 0 Å². The Morgan fingerprint density at radius 3 is 2.54 bits per heavy atom. The number of carbonyl (C=O) groups excluding carboxylic acids is 1. The molecule has 2 aliphatic heterocycles. The number of aromatic nitrogens is 3. The molecule has 39 heavy (non-hydrogen) atoms. The fraction of sp³-hybridized carbons (Fsp3) is 0.583. The molecule has 1 aromatic heterocycles. The number of nitrogens with one attached hydrogen (secondary N) is 2. The summed E-state index contributed by atoms with van der Waals surface area (Å²) < 4.78 is 49.8. The van der Waals surface area contributed by atoms with Gasteiger partial charge in [0.05, 0.1) is 12.7 Å². The second-order valence-corrected chi connectivity index (χ2v) is 11.9. The van der Waals surface area contributed by atoms with Crippen molar-refractivity contribution in [2.45, 2.75) is 83.5 Å². The Morgan fingerprint density at radius 1 is 1.21 bits per heavy atom. The lowest BCUT2D eigenvalue weighted by atomic mass is 9.97. The molecule has 0 aliphatic carbocycles. The van der Waals surface area contributed by atoms with Gasteiger partial charge in [0.15, 0.2) is 12.0 Å². The van der Waals surface area contributed by atoms with E-state index in [2.05, 4.69) is 15.2 Å². The molecule has 0 amide bonds. The van der Waals surface area contributed by atoms with E-state index in [1.165, 1.54) is 6.92 Å². The summed E-state index contributed by atoms with van der Waals surface area (Å²) in [5, 5.41) is 6.53. The van der Waals surface area contributed by atoms with Crippen LogP contribution in [-0.2, 0) is 32.8 Å². The number of para-hydroxylation sites is 1. The molecule has 15 heteroatoms. The maximum atomic E-state index is 13.9. The molecular weight excluding hydrogens is 535 g/mol. The van der Waals surface area contributed by atoms with Crippen LogP contribution in [0.15, 0.2) is 46.1 Å². The fourth-order valence-corrected chi connectivity index (χ4v) is 6.01. The Balaban J connectivity index is 1.59. The van der Waals surface area contributed by atoms with Crippen molar-refractivity contribution in [1.29, 1.82) is 0 Å². The average Bonchev–Trinajstić information content (AvgIpc) is 3.23. The summed E-state index contributed by atoms with van der Waals surface area (Å²) in [6.45, 7) is 9.58. The summed E-state index contributed by atoms with van der Waals surface area (Å²) in [6, 6.07) is 7.25. The van der Waals surface area contributed by atoms with E-state index in [1.54, 1.807) is 65.0 Å². The lowest BCUT2D eigenvalue weighted by molar-refractivity contribution is -0.219. The Kier molecular flexibility index (Phi) is 8.18. The number of benzene rings is 1. The predicted molar refractivity (Wildman–Crippen MR) is 136 cm³/mol. The molecule has 2 N–H and O–H groups in total. The highest BCUT2D eigenvalue weighted by atomic mass is 31.2. The van der Waals surface area contributed by atoms with E-state index in [1.807, 2.05) is 0 Å². The van der Waals surface area contributed by atoms with Crippen LogP contribution in [0.25, 0.3) is 0 Å². The van der Waals surface area contributed by atoms with Gasteiger partial charge in [0.25, 0.3) is 5.56 Å². The number of H-pyrrole nitrogens is 1. The van der Waals surface area contributed by atoms with Gasteiger partial charge in [-0.2, -0.15) is 14.9 Å². The fourth-order valence-electron chi connectivity index (χ4n) is 4.50. The standard InChI is InChI=1S/C24H33N4O10P/c1-14(2)34-20(30)15(3)27-39(32,37-16-10-8-7-9-11-16)33-13-17-19-24(6,38-23(4,5)36-19)21(35-17)28-22(31)26-18(29)12-25-28/h7-12,14-15,17,19,21H,13H2,1-6H3,(H,27,32)(H,26,29,31)/t15-,17+,19+,21+,24+,39-/m0/s1. The molecule has 3 heterocycles. The van der Waals surface area contributed by atoms with E-state index in [0.717, 1.165) is 10.9 Å². The average molecular weight is 569 g/mol. The molecule has 0 saturated carbocycles. The molecule has 6 atom stereocenters. The number of aromatic amines is 1. The van der Waals surface area contributed by atoms with Crippen LogP contribution in [0.5, 0.6) is 5.75 Å². The third-order valence-electron chi connectivity index (χ3n) is 5.97. The molecule has 1 aromatic carbocycles. The van der Waals surface area contributed by atoms with E-state index in [-0.39, 0.29) is 18.5 Å². The highest BCUT2D eigenvalue weighted by Gasteiger charge is 2.65. The Bertz CT molecular complexity index is 1350. The highest BCUT2D eigenvalue weighted by Crippen LogP contribution is 2.52. The quantitative estimate of drug-likeness (QED) is 0.316. The number of carbonyl (C=O) groups is 1. The first kappa shape index (κ1) is 29.1. The molecule has 0 bridgehead atoms. The van der Waals surface area contributed by atoms with Gasteiger partial charge >= 0.3 is 19.4 Å². The Labute approximate surface area is 224 Å². The molecule has 0 unspecified atom stereocenters. The number of rotatable bonds is 10. The van der Waals surface area contributed by atoms with Crippen LogP contribution in [-0.4, -0.2) is 63.1 Å². The molecule has 4 rings (SSSR count). The van der Waals surface area contributed by atoms with Crippen molar-refractivity contribution < 1.29 is 37.4 Å². The topological polar surface area (TPSA) is 169 Å². The van der Waals surface area contributed by atoms with E-state index in [4.69, 9.17) is 28.0 Å². The van der Waals surface area contributed by atoms with Crippen molar-refractivity contribution in [3.8, 4) is 5.75 Å². The minimum atomic E-state index is -4.20. The van der Waals surface area contributed by atoms with Crippen LogP contribution in [0.4, 0.5) is 0 Å². The van der Waals surface area contributed by atoms with Gasteiger partial charge < -0.3 is 23.5 Å². The zero-order valence-corrected chi connectivity index (χ0v) is 23.4. The lowest BCUT2D eigenvalue weighted by Crippen LogP contribution is -2.46. The number of hydrogen-bond acceptors (Lipinski definition) is 11. The van der Waals surface area contributed by atoms with Crippen LogP contribution in [0.3, 0.4) is 0 Å². The summed E-state index contributed by atoms with van der Waals surface area (Å²) in [5.74, 6) is -1.48. The number of hydrogen-bond donors (Lipinski definition) is 2. The van der Waals surface area contributed by atoms with Crippen LogP contribution < -0.4 is 20.9 Å². The molecule has 14 nitrogen and oxygen atoms in total. The van der Waals surface area contributed by atoms with E-state index < -0.39 is 60.8 Å². The van der Waals surface area contributed by atoms with Crippen molar-refractivity contribution in [1.82, 2.24) is 19.9 Å². The van der Waals surface area contributed by atoms with Gasteiger partial charge in [-0.05, 0) is 53.7 Å². The SMILES string of the molecule is CC(C)OC(=O)[C@H](C)N[P@](=O)(OC[C@H]1O[C@@H](n2ncc(=O)[nH]c2=O)[C@]2(C)OC(C)(C)O[C@H]12)Oc1ccccc1. The maximum absolute atomic E-state index is 13.9. The minimum Gasteiger partial charge on any atom is -0.462 e. The second-order valence-electron chi connectivity index (χ2n) is 10.2. The zero-order valence-electron chi connectivity index (χ0n) is 22.5. The zero-order chi connectivity index (χ0) is 28.6. The first-order valence-corrected chi connectivity index (χ1v) is 13.9. The van der Waals surface area contributed by atoms with Crippen molar-refractivity contribution in [3.63, 3.8) is 0 Å². The van der Waals surface area contributed by atoms with Crippen molar-refractivity contribution in [3.05, 3.63) is 57.4 Å². The molecule has 2 fully saturated rings. The van der Waals surface area contributed by atoms with Crippen LogP contribution >= 0.6 is 7.75 Å². The number of ether oxygens (including phenoxy) is 4. The third-order valence-corrected chi connectivity index (χ3v) is 7.61. The summed E-state index contributed by atoms with van der Waals surface area (Å²) in [5.41, 5.74) is -2.71. The molecule has 2 aromatic rings. The first-order chi connectivity index (χ1) is 18.2. The van der Waals surface area contributed by atoms with Crippen LogP contribution in [0.2, 0.25) is 0 Å². The predicted octanol–water partition coefficient (Wildman–Crippen LogP) is 1.87. The molecule has 2 aliphatic rings. The monoisotopic (exact) mass is 568 g/mol. The summed E-state index contributed by atoms with van der Waals surface area (Å²) in [6.07, 6.45) is -2.28.